The van der Waals surface area contributed by atoms with E-state index in [1.807, 2.05) is 47.8 Å². The summed E-state index contributed by atoms with van der Waals surface area (Å²) in [5, 5.41) is 12.6. The van der Waals surface area contributed by atoms with Crippen LogP contribution in [0.5, 0.6) is 0 Å². The van der Waals surface area contributed by atoms with Crippen LogP contribution in [-0.4, -0.2) is 42.5 Å². The first kappa shape index (κ1) is 19.6. The van der Waals surface area contributed by atoms with Crippen LogP contribution in [0.1, 0.15) is 41.4 Å². The quantitative estimate of drug-likeness (QED) is 0.509. The molecule has 3 N–H and O–H groups in total. The third-order valence-corrected chi connectivity index (χ3v) is 7.63. The fourth-order valence-electron chi connectivity index (χ4n) is 5.72. The highest BCUT2D eigenvalue weighted by Gasteiger charge is 2.46. The summed E-state index contributed by atoms with van der Waals surface area (Å²) < 4.78 is 3.85. The molecule has 5 heterocycles. The standard InChI is InChI=1S/C24H28N8/c1-14-22(17-13-29-31(3)15(17)2)32-18(5-9-28-32)20(30-14)21-19-16(4-8-27-21)12-24(23(19)25)6-10-26-11-7-24/h4-5,8-9,13,23,26H,6-7,10-12,25H2,1-3H3/t23-/m1/s1. The van der Waals surface area contributed by atoms with Crippen LogP contribution in [0.2, 0.25) is 0 Å². The van der Waals surface area contributed by atoms with Crippen LogP contribution in [0.4, 0.5) is 0 Å². The van der Waals surface area contributed by atoms with E-state index in [4.69, 9.17) is 15.7 Å². The molecule has 164 valence electrons. The Kier molecular flexibility index (Phi) is 4.25. The molecule has 0 amide bonds. The fraction of sp³-hybridized carbons (Fsp3) is 0.417. The molecule has 0 bridgehead atoms. The second kappa shape index (κ2) is 6.95. The Hall–Kier alpha value is -3.10. The average molecular weight is 429 g/mol. The molecule has 0 unspecified atom stereocenters. The van der Waals surface area contributed by atoms with Gasteiger partial charge in [-0.3, -0.25) is 9.67 Å². The van der Waals surface area contributed by atoms with E-state index in [-0.39, 0.29) is 11.5 Å². The minimum atomic E-state index is -0.0337. The van der Waals surface area contributed by atoms with Gasteiger partial charge in [-0.05, 0) is 69.3 Å². The number of piperidine rings is 1. The fourth-order valence-corrected chi connectivity index (χ4v) is 5.72. The van der Waals surface area contributed by atoms with E-state index in [1.165, 1.54) is 5.56 Å². The van der Waals surface area contributed by atoms with Gasteiger partial charge in [-0.25, -0.2) is 9.50 Å². The number of fused-ring (bicyclic) bond motifs is 2. The highest BCUT2D eigenvalue weighted by atomic mass is 15.3. The first-order valence-corrected chi connectivity index (χ1v) is 11.3. The number of nitrogens with two attached hydrogens (primary N) is 1. The number of hydrogen-bond acceptors (Lipinski definition) is 6. The maximum atomic E-state index is 6.97. The summed E-state index contributed by atoms with van der Waals surface area (Å²) in [6.45, 7) is 6.14. The summed E-state index contributed by atoms with van der Waals surface area (Å²) in [5.74, 6) is 0. The van der Waals surface area contributed by atoms with Crippen LogP contribution in [-0.2, 0) is 13.5 Å². The van der Waals surface area contributed by atoms with E-state index in [0.717, 1.165) is 77.5 Å². The minimum absolute atomic E-state index is 0.0337. The summed E-state index contributed by atoms with van der Waals surface area (Å²) in [7, 11) is 1.95. The van der Waals surface area contributed by atoms with E-state index in [0.29, 0.717) is 0 Å². The van der Waals surface area contributed by atoms with Gasteiger partial charge in [0.15, 0.2) is 0 Å². The van der Waals surface area contributed by atoms with Gasteiger partial charge in [-0.2, -0.15) is 10.2 Å². The molecule has 1 aliphatic carbocycles. The van der Waals surface area contributed by atoms with Gasteiger partial charge < -0.3 is 11.1 Å². The number of hydrogen-bond donors (Lipinski definition) is 2. The molecule has 4 aromatic rings. The summed E-state index contributed by atoms with van der Waals surface area (Å²) in [6.07, 6.45) is 8.82. The summed E-state index contributed by atoms with van der Waals surface area (Å²) in [6, 6.07) is 4.12. The zero-order valence-electron chi connectivity index (χ0n) is 18.8. The molecule has 1 fully saturated rings. The number of aromatic nitrogens is 6. The minimum Gasteiger partial charge on any atom is -0.323 e. The maximum Gasteiger partial charge on any atom is 0.115 e. The van der Waals surface area contributed by atoms with Crippen LogP contribution < -0.4 is 11.1 Å². The molecular formula is C24H28N8. The van der Waals surface area contributed by atoms with Crippen molar-refractivity contribution in [3.05, 3.63) is 53.2 Å². The van der Waals surface area contributed by atoms with Crippen LogP contribution in [0.25, 0.3) is 28.2 Å². The predicted octanol–water partition coefficient (Wildman–Crippen LogP) is 2.73. The zero-order valence-corrected chi connectivity index (χ0v) is 18.8. The molecule has 1 atom stereocenters. The highest BCUT2D eigenvalue weighted by molar-refractivity contribution is 5.81. The molecule has 4 aromatic heterocycles. The lowest BCUT2D eigenvalue weighted by atomic mass is 9.73. The maximum absolute atomic E-state index is 6.97. The summed E-state index contributed by atoms with van der Waals surface area (Å²) >= 11 is 0. The Morgan fingerprint density at radius 1 is 1.09 bits per heavy atom. The van der Waals surface area contributed by atoms with Crippen molar-refractivity contribution < 1.29 is 0 Å². The molecular weight excluding hydrogens is 400 g/mol. The van der Waals surface area contributed by atoms with Gasteiger partial charge in [-0.15, -0.1) is 0 Å². The third kappa shape index (κ3) is 2.63. The van der Waals surface area contributed by atoms with Crippen LogP contribution in [0.15, 0.2) is 30.7 Å². The number of nitrogens with one attached hydrogen (secondary N) is 1. The van der Waals surface area contributed by atoms with Crippen molar-refractivity contribution in [1.82, 2.24) is 34.7 Å². The van der Waals surface area contributed by atoms with E-state index in [9.17, 15) is 0 Å². The van der Waals surface area contributed by atoms with Crippen molar-refractivity contribution in [3.63, 3.8) is 0 Å². The molecule has 1 aliphatic heterocycles. The van der Waals surface area contributed by atoms with Gasteiger partial charge >= 0.3 is 0 Å². The predicted molar refractivity (Wildman–Crippen MR) is 123 cm³/mol. The lowest BCUT2D eigenvalue weighted by Crippen LogP contribution is -2.42. The van der Waals surface area contributed by atoms with Crippen molar-refractivity contribution in [2.45, 2.75) is 39.2 Å². The molecule has 0 saturated carbocycles. The Balaban J connectivity index is 1.55. The Labute approximate surface area is 186 Å². The molecule has 0 aromatic carbocycles. The smallest absolute Gasteiger partial charge is 0.115 e. The lowest BCUT2D eigenvalue weighted by Gasteiger charge is -2.38. The van der Waals surface area contributed by atoms with Gasteiger partial charge in [0.25, 0.3) is 0 Å². The summed E-state index contributed by atoms with van der Waals surface area (Å²) in [4.78, 5) is 9.92. The molecule has 8 nitrogen and oxygen atoms in total. The van der Waals surface area contributed by atoms with Crippen molar-refractivity contribution in [2.24, 2.45) is 18.2 Å². The van der Waals surface area contributed by atoms with Crippen molar-refractivity contribution in [2.75, 3.05) is 13.1 Å². The lowest BCUT2D eigenvalue weighted by molar-refractivity contribution is 0.174. The van der Waals surface area contributed by atoms with E-state index >= 15 is 0 Å². The monoisotopic (exact) mass is 428 g/mol. The Bertz CT molecular complexity index is 1340. The van der Waals surface area contributed by atoms with Gasteiger partial charge in [0.05, 0.1) is 35.0 Å². The first-order chi connectivity index (χ1) is 15.5. The van der Waals surface area contributed by atoms with E-state index in [2.05, 4.69) is 28.5 Å². The number of nitrogens with zero attached hydrogens (tertiary/aromatic N) is 6. The zero-order chi connectivity index (χ0) is 22.0. The molecule has 1 spiro atoms. The van der Waals surface area contributed by atoms with E-state index in [1.54, 1.807) is 0 Å². The molecule has 2 aliphatic rings. The third-order valence-electron chi connectivity index (χ3n) is 7.63. The first-order valence-electron chi connectivity index (χ1n) is 11.3. The SMILES string of the molecule is Cc1nc(-c2nccc3c2[C@@H](N)C2(CCNCC2)C3)c2ccnn2c1-c1cnn(C)c1C. The number of rotatable bonds is 2. The number of aryl methyl sites for hydroxylation is 2. The average Bonchev–Trinajstić information content (AvgIpc) is 3.47. The molecule has 1 saturated heterocycles. The largest absolute Gasteiger partial charge is 0.323 e. The second-order valence-corrected chi connectivity index (χ2v) is 9.29. The molecule has 0 radical (unpaired) electrons. The van der Waals surface area contributed by atoms with E-state index < -0.39 is 0 Å². The second-order valence-electron chi connectivity index (χ2n) is 9.29. The topological polar surface area (TPSA) is 98.9 Å². The van der Waals surface area contributed by atoms with Crippen molar-refractivity contribution in [1.29, 1.82) is 0 Å². The van der Waals surface area contributed by atoms with Crippen LogP contribution in [0, 0.1) is 19.3 Å². The Morgan fingerprint density at radius 3 is 2.66 bits per heavy atom. The van der Waals surface area contributed by atoms with Crippen molar-refractivity contribution >= 4 is 5.52 Å². The van der Waals surface area contributed by atoms with Crippen molar-refractivity contribution in [3.8, 4) is 22.6 Å². The normalized spacial score (nSPS) is 19.7. The molecule has 6 rings (SSSR count). The Morgan fingerprint density at radius 2 is 1.91 bits per heavy atom. The van der Waals surface area contributed by atoms with Gasteiger partial charge in [0.1, 0.15) is 5.69 Å². The van der Waals surface area contributed by atoms with Gasteiger partial charge in [0, 0.05) is 36.1 Å². The van der Waals surface area contributed by atoms with Crippen LogP contribution in [0.3, 0.4) is 0 Å². The van der Waals surface area contributed by atoms with Gasteiger partial charge in [-0.1, -0.05) is 0 Å². The van der Waals surface area contributed by atoms with Gasteiger partial charge in [0.2, 0.25) is 0 Å². The molecule has 8 heteroatoms. The summed E-state index contributed by atoms with van der Waals surface area (Å²) in [5.41, 5.74) is 16.2. The highest BCUT2D eigenvalue weighted by Crippen LogP contribution is 2.52. The number of pyridine rings is 1. The van der Waals surface area contributed by atoms with Crippen LogP contribution >= 0.6 is 0 Å². The molecule has 32 heavy (non-hydrogen) atoms.